The zero-order chi connectivity index (χ0) is 17.0. The van der Waals surface area contributed by atoms with Crippen LogP contribution in [0.15, 0.2) is 23.9 Å². The molecule has 4 heteroatoms. The Morgan fingerprint density at radius 3 is 2.33 bits per heavy atom. The minimum absolute atomic E-state index is 0.00964. The van der Waals surface area contributed by atoms with Crippen LogP contribution in [0.2, 0.25) is 0 Å². The number of likely N-dealkylation sites (tertiary alicyclic amines) is 1. The third kappa shape index (κ3) is 4.02. The highest BCUT2D eigenvalue weighted by molar-refractivity contribution is 5.31. The van der Waals surface area contributed by atoms with Crippen LogP contribution >= 0.6 is 0 Å². The van der Waals surface area contributed by atoms with E-state index < -0.39 is 11.7 Å². The molecule has 1 saturated heterocycles. The maximum atomic E-state index is 15.4. The second-order valence-electron chi connectivity index (χ2n) is 8.12. The van der Waals surface area contributed by atoms with Crippen molar-refractivity contribution < 1.29 is 4.39 Å². The van der Waals surface area contributed by atoms with E-state index in [2.05, 4.69) is 4.90 Å². The number of hydrogen-bond acceptors (Lipinski definition) is 3. The molecule has 2 unspecified atom stereocenters. The van der Waals surface area contributed by atoms with Crippen molar-refractivity contribution in [2.45, 2.75) is 69.5 Å². The summed E-state index contributed by atoms with van der Waals surface area (Å²) in [7, 11) is 0. The predicted molar refractivity (Wildman–Crippen MR) is 98.2 cm³/mol. The second kappa shape index (κ2) is 8.01. The quantitative estimate of drug-likeness (QED) is 0.830. The number of allylic oxidation sites excluding steroid dienone is 2. The summed E-state index contributed by atoms with van der Waals surface area (Å²) >= 11 is 0. The number of piperidine rings is 1. The molecule has 2 atom stereocenters. The van der Waals surface area contributed by atoms with Crippen LogP contribution < -0.4 is 11.5 Å². The molecule has 3 aliphatic rings. The van der Waals surface area contributed by atoms with Gasteiger partial charge in [-0.2, -0.15) is 0 Å². The highest BCUT2D eigenvalue weighted by Crippen LogP contribution is 2.38. The van der Waals surface area contributed by atoms with Crippen molar-refractivity contribution in [2.75, 3.05) is 19.6 Å². The van der Waals surface area contributed by atoms with Crippen LogP contribution in [0.5, 0.6) is 0 Å². The molecular weight excluding hydrogens is 301 g/mol. The van der Waals surface area contributed by atoms with Crippen molar-refractivity contribution in [2.24, 2.45) is 23.3 Å². The number of nitrogens with zero attached hydrogens (tertiary/aromatic N) is 1. The van der Waals surface area contributed by atoms with Crippen molar-refractivity contribution in [3.05, 3.63) is 23.9 Å². The third-order valence-corrected chi connectivity index (χ3v) is 6.43. The minimum Gasteiger partial charge on any atom is -0.401 e. The summed E-state index contributed by atoms with van der Waals surface area (Å²) in [5, 5.41) is 0. The van der Waals surface area contributed by atoms with Gasteiger partial charge in [0.1, 0.15) is 0 Å². The maximum Gasteiger partial charge on any atom is 0.152 e. The molecule has 0 aromatic rings. The van der Waals surface area contributed by atoms with E-state index in [4.69, 9.17) is 11.5 Å². The molecule has 1 aliphatic heterocycles. The molecule has 2 fully saturated rings. The van der Waals surface area contributed by atoms with Crippen molar-refractivity contribution in [3.8, 4) is 0 Å². The molecule has 0 aromatic heterocycles. The van der Waals surface area contributed by atoms with Crippen molar-refractivity contribution in [1.82, 2.24) is 4.90 Å². The fourth-order valence-electron chi connectivity index (χ4n) is 4.81. The Hall–Kier alpha value is -0.870. The molecule has 0 radical (unpaired) electrons. The van der Waals surface area contributed by atoms with Gasteiger partial charge < -0.3 is 16.4 Å². The summed E-state index contributed by atoms with van der Waals surface area (Å²) in [5.41, 5.74) is 10.9. The number of alkyl halides is 1. The van der Waals surface area contributed by atoms with Gasteiger partial charge in [-0.05, 0) is 56.8 Å². The largest absolute Gasteiger partial charge is 0.401 e. The van der Waals surface area contributed by atoms with E-state index in [9.17, 15) is 0 Å². The summed E-state index contributed by atoms with van der Waals surface area (Å²) in [6.45, 7) is 3.20. The molecule has 3 nitrogen and oxygen atoms in total. The van der Waals surface area contributed by atoms with Gasteiger partial charge in [0.15, 0.2) is 5.67 Å². The van der Waals surface area contributed by atoms with Crippen LogP contribution in [0.3, 0.4) is 0 Å². The van der Waals surface area contributed by atoms with Crippen molar-refractivity contribution in [3.63, 3.8) is 0 Å². The average molecular weight is 336 g/mol. The molecule has 136 valence electrons. The van der Waals surface area contributed by atoms with Crippen LogP contribution in [-0.2, 0) is 0 Å². The van der Waals surface area contributed by atoms with Crippen LogP contribution in [0.4, 0.5) is 4.39 Å². The lowest BCUT2D eigenvalue weighted by molar-refractivity contribution is 0.0507. The molecule has 1 heterocycles. The summed E-state index contributed by atoms with van der Waals surface area (Å²) in [6.07, 6.45) is 16.6. The maximum absolute atomic E-state index is 15.4. The second-order valence-corrected chi connectivity index (χ2v) is 8.12. The molecule has 0 amide bonds. The Kier molecular flexibility index (Phi) is 5.98. The summed E-state index contributed by atoms with van der Waals surface area (Å²) in [4.78, 5) is 2.56. The van der Waals surface area contributed by atoms with E-state index in [0.717, 1.165) is 31.8 Å². The van der Waals surface area contributed by atoms with E-state index in [-0.39, 0.29) is 5.92 Å². The molecule has 3 rings (SSSR count). The average Bonchev–Trinajstić information content (AvgIpc) is 2.55. The van der Waals surface area contributed by atoms with Gasteiger partial charge >= 0.3 is 0 Å². The van der Waals surface area contributed by atoms with Gasteiger partial charge in [-0.15, -0.1) is 0 Å². The first-order valence-electron chi connectivity index (χ1n) is 9.91. The van der Waals surface area contributed by atoms with Gasteiger partial charge in [0.05, 0.1) is 6.04 Å². The standard InChI is InChI=1S/C20H34FN3/c21-20(12-6-9-18(22)19(20)23)17-10-13-24(14-11-17)15-16-7-4-2-1-3-5-8-16/h6,9,12,16-17,19H,1-5,7-8,10-11,13-15,22-23H2. The monoisotopic (exact) mass is 335 g/mol. The van der Waals surface area contributed by atoms with E-state index in [0.29, 0.717) is 5.70 Å². The van der Waals surface area contributed by atoms with Gasteiger partial charge in [-0.1, -0.05) is 38.2 Å². The van der Waals surface area contributed by atoms with E-state index in [1.807, 2.05) is 0 Å². The Bertz CT molecular complexity index is 460. The van der Waals surface area contributed by atoms with E-state index in [1.165, 1.54) is 51.5 Å². The number of rotatable bonds is 3. The predicted octanol–water partition coefficient (Wildman–Crippen LogP) is 3.51. The normalized spacial score (nSPS) is 34.6. The zero-order valence-corrected chi connectivity index (χ0v) is 14.9. The third-order valence-electron chi connectivity index (χ3n) is 6.43. The zero-order valence-electron chi connectivity index (χ0n) is 14.9. The topological polar surface area (TPSA) is 55.3 Å². The molecule has 0 aromatic carbocycles. The highest BCUT2D eigenvalue weighted by Gasteiger charge is 2.45. The first kappa shape index (κ1) is 17.9. The lowest BCUT2D eigenvalue weighted by atomic mass is 9.74. The SMILES string of the molecule is NC1=CC=CC(F)(C2CCN(CC3CCCCCCC3)CC2)C1N. The Morgan fingerprint density at radius 2 is 1.67 bits per heavy atom. The molecule has 2 aliphatic carbocycles. The Labute approximate surface area is 146 Å². The van der Waals surface area contributed by atoms with Crippen LogP contribution in [-0.4, -0.2) is 36.2 Å². The molecule has 0 spiro atoms. The van der Waals surface area contributed by atoms with Crippen LogP contribution in [0.25, 0.3) is 0 Å². The van der Waals surface area contributed by atoms with E-state index in [1.54, 1.807) is 18.2 Å². The number of halogens is 1. The van der Waals surface area contributed by atoms with Gasteiger partial charge in [0.2, 0.25) is 0 Å². The molecular formula is C20H34FN3. The summed E-state index contributed by atoms with van der Waals surface area (Å²) in [6, 6.07) is -0.690. The van der Waals surface area contributed by atoms with Gasteiger partial charge in [-0.25, -0.2) is 4.39 Å². The van der Waals surface area contributed by atoms with Gasteiger partial charge in [-0.3, -0.25) is 0 Å². The number of nitrogens with two attached hydrogens (primary N) is 2. The minimum atomic E-state index is -1.47. The molecule has 24 heavy (non-hydrogen) atoms. The van der Waals surface area contributed by atoms with Crippen LogP contribution in [0, 0.1) is 11.8 Å². The van der Waals surface area contributed by atoms with Crippen molar-refractivity contribution >= 4 is 0 Å². The number of hydrogen-bond donors (Lipinski definition) is 2. The van der Waals surface area contributed by atoms with Crippen LogP contribution in [0.1, 0.15) is 57.8 Å². The first-order chi connectivity index (χ1) is 11.6. The lowest BCUT2D eigenvalue weighted by Crippen LogP contribution is -2.55. The van der Waals surface area contributed by atoms with Crippen molar-refractivity contribution in [1.29, 1.82) is 0 Å². The van der Waals surface area contributed by atoms with E-state index >= 15 is 4.39 Å². The lowest BCUT2D eigenvalue weighted by Gasteiger charge is -2.43. The highest BCUT2D eigenvalue weighted by atomic mass is 19.1. The Balaban J connectivity index is 1.50. The smallest absolute Gasteiger partial charge is 0.152 e. The first-order valence-corrected chi connectivity index (χ1v) is 9.91. The fourth-order valence-corrected chi connectivity index (χ4v) is 4.81. The fraction of sp³-hybridized carbons (Fsp3) is 0.800. The Morgan fingerprint density at radius 1 is 1.04 bits per heavy atom. The molecule has 4 N–H and O–H groups in total. The molecule has 0 bridgehead atoms. The van der Waals surface area contributed by atoms with Gasteiger partial charge in [0.25, 0.3) is 0 Å². The summed E-state index contributed by atoms with van der Waals surface area (Å²) in [5.74, 6) is 0.834. The molecule has 1 saturated carbocycles. The summed E-state index contributed by atoms with van der Waals surface area (Å²) < 4.78 is 15.4. The van der Waals surface area contributed by atoms with Gasteiger partial charge in [0, 0.05) is 18.2 Å².